The van der Waals surface area contributed by atoms with Crippen LogP contribution in [0.2, 0.25) is 0 Å². The van der Waals surface area contributed by atoms with Gasteiger partial charge in [-0.15, -0.1) is 12.4 Å². The summed E-state index contributed by atoms with van der Waals surface area (Å²) in [5.74, 6) is 0.884. The van der Waals surface area contributed by atoms with E-state index in [2.05, 4.69) is 15.4 Å². The molecule has 2 fully saturated rings. The number of anilines is 2. The molecule has 5 rings (SSSR count). The molecule has 1 aliphatic carbocycles. The fourth-order valence-corrected chi connectivity index (χ4v) is 4.44. The van der Waals surface area contributed by atoms with E-state index in [0.717, 1.165) is 43.7 Å². The number of carbonyl (C=O) groups excluding carboxylic acids is 1. The van der Waals surface area contributed by atoms with Gasteiger partial charge < -0.3 is 10.1 Å². The third-order valence-corrected chi connectivity index (χ3v) is 6.20. The molecular weight excluding hydrogens is 433 g/mol. The van der Waals surface area contributed by atoms with E-state index >= 15 is 0 Å². The van der Waals surface area contributed by atoms with E-state index < -0.39 is 5.60 Å². The number of amides is 1. The van der Waals surface area contributed by atoms with E-state index in [1.54, 1.807) is 46.4 Å². The highest BCUT2D eigenvalue weighted by Gasteiger charge is 2.47. The van der Waals surface area contributed by atoms with E-state index in [1.807, 2.05) is 18.2 Å². The molecule has 2 aliphatic rings. The highest BCUT2D eigenvalue weighted by Crippen LogP contribution is 2.40. The topological polar surface area (TPSA) is 72.3 Å². The van der Waals surface area contributed by atoms with E-state index in [-0.39, 0.29) is 24.3 Å². The Morgan fingerprint density at radius 1 is 1.16 bits per heavy atom. The zero-order valence-electron chi connectivity index (χ0n) is 17.5. The van der Waals surface area contributed by atoms with Crippen molar-refractivity contribution >= 4 is 30.0 Å². The van der Waals surface area contributed by atoms with Gasteiger partial charge in [-0.2, -0.15) is 5.10 Å². The molecule has 0 atom stereocenters. The summed E-state index contributed by atoms with van der Waals surface area (Å²) in [7, 11) is 0. The molecular formula is C23H25ClFN5O2. The Balaban J connectivity index is 0.00000245. The molecule has 1 saturated carbocycles. The van der Waals surface area contributed by atoms with Crippen molar-refractivity contribution in [2.75, 3.05) is 23.3 Å². The van der Waals surface area contributed by atoms with Gasteiger partial charge in [-0.05, 0) is 55.9 Å². The second kappa shape index (κ2) is 9.16. The summed E-state index contributed by atoms with van der Waals surface area (Å²) in [6, 6.07) is 12.1. The molecule has 1 amide bonds. The summed E-state index contributed by atoms with van der Waals surface area (Å²) in [5, 5.41) is 7.80. The lowest BCUT2D eigenvalue weighted by atomic mass is 9.78. The Morgan fingerprint density at radius 3 is 2.72 bits per heavy atom. The van der Waals surface area contributed by atoms with E-state index in [0.29, 0.717) is 18.2 Å². The predicted molar refractivity (Wildman–Crippen MR) is 122 cm³/mol. The number of para-hydroxylation sites is 1. The molecule has 1 saturated heterocycles. The number of hydrogen-bond acceptors (Lipinski definition) is 5. The average molecular weight is 458 g/mol. The van der Waals surface area contributed by atoms with E-state index in [1.165, 1.54) is 6.07 Å². The maximum Gasteiger partial charge on any atom is 0.415 e. The number of halogens is 2. The SMILES string of the molecule is Cl.O=C1O[C@]2(CC[C@H](CNc3ccn(-c4ccccc4F)n3)CC2)CN1c1cccnc1. The first-order valence-electron chi connectivity index (χ1n) is 10.6. The molecule has 1 spiro atoms. The van der Waals surface area contributed by atoms with Crippen LogP contribution < -0.4 is 10.2 Å². The fourth-order valence-electron chi connectivity index (χ4n) is 4.44. The van der Waals surface area contributed by atoms with Crippen LogP contribution in [0, 0.1) is 11.7 Å². The molecule has 3 heterocycles. The van der Waals surface area contributed by atoms with Crippen LogP contribution in [0.25, 0.3) is 5.69 Å². The minimum Gasteiger partial charge on any atom is -0.441 e. The molecule has 9 heteroatoms. The summed E-state index contributed by atoms with van der Waals surface area (Å²) in [4.78, 5) is 18.2. The summed E-state index contributed by atoms with van der Waals surface area (Å²) < 4.78 is 21.3. The number of ether oxygens (including phenoxy) is 1. The van der Waals surface area contributed by atoms with Gasteiger partial charge in [0.15, 0.2) is 0 Å². The zero-order valence-corrected chi connectivity index (χ0v) is 18.3. The molecule has 1 aliphatic heterocycles. The number of hydrogen-bond donors (Lipinski definition) is 1. The Morgan fingerprint density at radius 2 is 1.97 bits per heavy atom. The first-order chi connectivity index (χ1) is 15.1. The van der Waals surface area contributed by atoms with Crippen LogP contribution in [0.1, 0.15) is 25.7 Å². The summed E-state index contributed by atoms with van der Waals surface area (Å²) >= 11 is 0. The van der Waals surface area contributed by atoms with Crippen molar-refractivity contribution in [1.82, 2.24) is 14.8 Å². The second-order valence-corrected chi connectivity index (χ2v) is 8.27. The van der Waals surface area contributed by atoms with Crippen LogP contribution in [0.3, 0.4) is 0 Å². The number of aromatic nitrogens is 3. The third kappa shape index (κ3) is 4.41. The van der Waals surface area contributed by atoms with Crippen LogP contribution in [-0.2, 0) is 4.74 Å². The molecule has 0 unspecified atom stereocenters. The minimum atomic E-state index is -0.407. The number of nitrogens with zero attached hydrogens (tertiary/aromatic N) is 4. The van der Waals surface area contributed by atoms with Crippen molar-refractivity contribution in [3.63, 3.8) is 0 Å². The standard InChI is InChI=1S/C23H24FN5O2.ClH/c24-19-5-1-2-6-20(19)29-13-9-21(27-29)26-14-17-7-10-23(11-8-17)16-28(22(30)31-23)18-4-3-12-25-15-18;/h1-6,9,12-13,15,17H,7-8,10-11,14,16H2,(H,26,27);1H/t17-,23-;. The normalized spacial score (nSPS) is 22.5. The Hall–Kier alpha value is -3.13. The number of rotatable bonds is 5. The predicted octanol–water partition coefficient (Wildman–Crippen LogP) is 4.83. The highest BCUT2D eigenvalue weighted by molar-refractivity contribution is 5.90. The summed E-state index contributed by atoms with van der Waals surface area (Å²) in [6.07, 6.45) is 8.46. The highest BCUT2D eigenvalue weighted by atomic mass is 35.5. The molecule has 0 radical (unpaired) electrons. The van der Waals surface area contributed by atoms with Gasteiger partial charge in [0.05, 0.1) is 18.4 Å². The number of nitrogens with one attached hydrogen (secondary N) is 1. The van der Waals surface area contributed by atoms with Crippen LogP contribution in [0.15, 0.2) is 61.1 Å². The lowest BCUT2D eigenvalue weighted by Gasteiger charge is -2.35. The van der Waals surface area contributed by atoms with E-state index in [9.17, 15) is 9.18 Å². The molecule has 7 nitrogen and oxygen atoms in total. The second-order valence-electron chi connectivity index (χ2n) is 8.27. The monoisotopic (exact) mass is 457 g/mol. The van der Waals surface area contributed by atoms with Gasteiger partial charge >= 0.3 is 6.09 Å². The summed E-state index contributed by atoms with van der Waals surface area (Å²) in [5.41, 5.74) is 0.797. The van der Waals surface area contributed by atoms with Crippen LogP contribution in [0.5, 0.6) is 0 Å². The number of benzene rings is 1. The minimum absolute atomic E-state index is 0. The average Bonchev–Trinajstić information content (AvgIpc) is 3.39. The van der Waals surface area contributed by atoms with Crippen LogP contribution in [-0.4, -0.2) is 39.5 Å². The smallest absolute Gasteiger partial charge is 0.415 e. The quantitative estimate of drug-likeness (QED) is 0.594. The van der Waals surface area contributed by atoms with Gasteiger partial charge in [-0.1, -0.05) is 12.1 Å². The van der Waals surface area contributed by atoms with Gasteiger partial charge in [0.25, 0.3) is 0 Å². The number of pyridine rings is 1. The Bertz CT molecular complexity index is 1070. The summed E-state index contributed by atoms with van der Waals surface area (Å²) in [6.45, 7) is 1.36. The molecule has 2 aromatic heterocycles. The molecule has 168 valence electrons. The zero-order chi connectivity index (χ0) is 21.3. The van der Waals surface area contributed by atoms with Crippen molar-refractivity contribution in [1.29, 1.82) is 0 Å². The molecule has 0 bridgehead atoms. The van der Waals surface area contributed by atoms with Gasteiger partial charge in [0.2, 0.25) is 0 Å². The first kappa shape index (κ1) is 22.1. The van der Waals surface area contributed by atoms with Crippen LogP contribution in [0.4, 0.5) is 20.7 Å². The van der Waals surface area contributed by atoms with Crippen molar-refractivity contribution in [3.05, 3.63) is 66.9 Å². The molecule has 3 aromatic rings. The van der Waals surface area contributed by atoms with Crippen molar-refractivity contribution in [2.45, 2.75) is 31.3 Å². The third-order valence-electron chi connectivity index (χ3n) is 6.20. The maximum atomic E-state index is 13.9. The van der Waals surface area contributed by atoms with Crippen molar-refractivity contribution < 1.29 is 13.9 Å². The van der Waals surface area contributed by atoms with Gasteiger partial charge in [0.1, 0.15) is 22.9 Å². The molecule has 32 heavy (non-hydrogen) atoms. The lowest BCUT2D eigenvalue weighted by Crippen LogP contribution is -2.39. The fraction of sp³-hybridized carbons (Fsp3) is 0.348. The van der Waals surface area contributed by atoms with Gasteiger partial charge in [0, 0.05) is 25.0 Å². The molecule has 1 N–H and O–H groups in total. The van der Waals surface area contributed by atoms with Crippen LogP contribution >= 0.6 is 12.4 Å². The Kier molecular flexibility index (Phi) is 6.32. The lowest BCUT2D eigenvalue weighted by molar-refractivity contribution is 0.0148. The first-order valence-corrected chi connectivity index (χ1v) is 10.6. The van der Waals surface area contributed by atoms with Gasteiger partial charge in [-0.3, -0.25) is 9.88 Å². The van der Waals surface area contributed by atoms with E-state index in [4.69, 9.17) is 4.74 Å². The largest absolute Gasteiger partial charge is 0.441 e. The van der Waals surface area contributed by atoms with Crippen molar-refractivity contribution in [2.24, 2.45) is 5.92 Å². The van der Waals surface area contributed by atoms with Crippen molar-refractivity contribution in [3.8, 4) is 5.69 Å². The molecule has 1 aromatic carbocycles. The Labute approximate surface area is 192 Å². The maximum absolute atomic E-state index is 13.9. The van der Waals surface area contributed by atoms with Gasteiger partial charge in [-0.25, -0.2) is 13.9 Å². The number of carbonyl (C=O) groups is 1.